The molecule has 24 nitrogen and oxygen atoms in total. The molecule has 0 radical (unpaired) electrons. The van der Waals surface area contributed by atoms with E-state index < -0.39 is 139 Å². The maximum absolute atomic E-state index is 14.5. The van der Waals surface area contributed by atoms with Gasteiger partial charge in [-0.1, -0.05) is 62.4 Å². The molecule has 13 N–H and O–H groups in total. The van der Waals surface area contributed by atoms with Crippen molar-refractivity contribution < 1.29 is 68.1 Å². The van der Waals surface area contributed by atoms with Crippen LogP contribution in [0.5, 0.6) is 0 Å². The predicted molar refractivity (Wildman–Crippen MR) is 273 cm³/mol. The Morgan fingerprint density at radius 3 is 1.86 bits per heavy atom. The van der Waals surface area contributed by atoms with E-state index in [1.165, 1.54) is 4.90 Å². The Hall–Kier alpha value is -7.19. The number of hydrogen-bond acceptors (Lipinski definition) is 14. The highest BCUT2D eigenvalue weighted by molar-refractivity contribution is 7.80. The third kappa shape index (κ3) is 18.1. The molecule has 0 unspecified atom stereocenters. The van der Waals surface area contributed by atoms with Crippen LogP contribution in [0.2, 0.25) is 0 Å². The van der Waals surface area contributed by atoms with Crippen molar-refractivity contribution in [3.63, 3.8) is 0 Å². The van der Waals surface area contributed by atoms with Gasteiger partial charge in [-0.3, -0.25) is 47.9 Å². The lowest BCUT2D eigenvalue weighted by Gasteiger charge is -2.28. The van der Waals surface area contributed by atoms with Crippen LogP contribution in [0.4, 0.5) is 0 Å². The van der Waals surface area contributed by atoms with Crippen LogP contribution in [-0.2, 0) is 65.6 Å². The first-order chi connectivity index (χ1) is 35.1. The van der Waals surface area contributed by atoms with Crippen molar-refractivity contribution in [3.8, 4) is 0 Å². The Kier molecular flexibility index (Phi) is 23.2. The fraction of sp³-hybridized carbons (Fsp3) is 0.479. The van der Waals surface area contributed by atoms with Gasteiger partial charge >= 0.3 is 17.9 Å². The molecule has 2 heterocycles. The molecule has 1 aromatic heterocycles. The number of amides is 8. The molecule has 3 aromatic rings. The largest absolute Gasteiger partial charge is 0.481 e. The molecule has 1 aliphatic rings. The Morgan fingerprint density at radius 2 is 1.26 bits per heavy atom. The second kappa shape index (κ2) is 28.9. The first kappa shape index (κ1) is 59.4. The number of carboxylic acids is 3. The summed E-state index contributed by atoms with van der Waals surface area (Å²) in [6.45, 7) is 3.03. The average molecular weight is 1070 g/mol. The molecule has 402 valence electrons. The summed E-state index contributed by atoms with van der Waals surface area (Å²) in [6.07, 6.45) is -0.314. The summed E-state index contributed by atoms with van der Waals surface area (Å²) in [6, 6.07) is 4.26. The number of nitrogens with one attached hydrogen (secondary N) is 8. The van der Waals surface area contributed by atoms with Gasteiger partial charge in [0.05, 0.1) is 19.0 Å². The molecule has 8 amide bonds. The number of carbonyl (C=O) groups is 11. The molecule has 1 fully saturated rings. The monoisotopic (exact) mass is 1070 g/mol. The average Bonchev–Trinajstić information content (AvgIpc) is 4.02. The van der Waals surface area contributed by atoms with Crippen molar-refractivity contribution in [3.05, 3.63) is 71.9 Å². The van der Waals surface area contributed by atoms with Gasteiger partial charge in [-0.2, -0.15) is 25.3 Å². The Bertz CT molecular complexity index is 2510. The van der Waals surface area contributed by atoms with Gasteiger partial charge in [-0.15, -0.1) is 0 Å². The quantitative estimate of drug-likeness (QED) is 0.0357. The van der Waals surface area contributed by atoms with E-state index in [4.69, 9.17) is 5.73 Å². The van der Waals surface area contributed by atoms with Crippen molar-refractivity contribution >= 4 is 101 Å². The van der Waals surface area contributed by atoms with E-state index in [0.717, 1.165) is 0 Å². The number of likely N-dealkylation sites (tertiary alicyclic amines) is 1. The lowest BCUT2D eigenvalue weighted by Crippen LogP contribution is -2.60. The number of aliphatic carboxylic acids is 3. The molecule has 2 aromatic carbocycles. The fourth-order valence-corrected chi connectivity index (χ4v) is 8.49. The second-order valence-corrected chi connectivity index (χ2v) is 18.8. The Labute approximate surface area is 436 Å². The summed E-state index contributed by atoms with van der Waals surface area (Å²) in [5, 5.41) is 46.7. The maximum Gasteiger partial charge on any atom is 0.327 e. The summed E-state index contributed by atoms with van der Waals surface area (Å²) in [5.74, 6) is -12.0. The van der Waals surface area contributed by atoms with Crippen molar-refractivity contribution in [1.82, 2.24) is 47.1 Å². The molecular weight excluding hydrogens is 1000 g/mol. The van der Waals surface area contributed by atoms with Crippen molar-refractivity contribution in [1.29, 1.82) is 0 Å². The van der Waals surface area contributed by atoms with Gasteiger partial charge in [0.2, 0.25) is 47.3 Å². The molecular formula is C48H64N10O14S2. The number of aromatic nitrogens is 1. The van der Waals surface area contributed by atoms with Gasteiger partial charge in [0.1, 0.15) is 42.3 Å². The number of H-pyrrole nitrogens is 1. The van der Waals surface area contributed by atoms with Gasteiger partial charge in [0, 0.05) is 54.4 Å². The van der Waals surface area contributed by atoms with Gasteiger partial charge in [-0.25, -0.2) is 4.79 Å². The predicted octanol–water partition coefficient (Wildman–Crippen LogP) is -1.37. The number of carbonyl (C=O) groups excluding carboxylic acids is 8. The standard InChI is InChI=1S/C48H64N10O14S2/c1-25(2)17-32(42(65)54-33(18-26-9-4-3-5-10-26)43(66)57-36(24-74)48(71)72)53-44(67)34(19-27-21-50-30-12-7-6-11-28(27)30)55-45(68)35(20-40(62)63)56-41(64)31(14-15-39(60)61)52-38(59)22-51-46(69)37-13-8-16-58(37)47(70)29(49)23-73/h3-7,9-12,21,25,29,31-37,50,73-74H,8,13-20,22-24,49H2,1-2H3,(H,51,69)(H,52,59)(H,53,67)(H,54,65)(H,55,68)(H,56,64)(H,57,66)(H,60,61)(H,62,63)(H,71,72)/t29-,31-,32-,33-,34-,35-,36-,37-/m0/s1. The van der Waals surface area contributed by atoms with E-state index in [2.05, 4.69) is 67.5 Å². The topological polar surface area (TPSA) is 378 Å². The van der Waals surface area contributed by atoms with Gasteiger partial charge < -0.3 is 68.2 Å². The number of thiol groups is 2. The zero-order chi connectivity index (χ0) is 54.6. The number of carboxylic acid groups (broad SMARTS) is 3. The lowest BCUT2D eigenvalue weighted by molar-refractivity contribution is -0.142. The summed E-state index contributed by atoms with van der Waals surface area (Å²) in [7, 11) is 0. The summed E-state index contributed by atoms with van der Waals surface area (Å²) in [4.78, 5) is 149. The zero-order valence-electron chi connectivity index (χ0n) is 40.7. The molecule has 0 spiro atoms. The Balaban J connectivity index is 1.58. The molecule has 0 saturated carbocycles. The minimum absolute atomic E-state index is 0.00591. The maximum atomic E-state index is 14.5. The number of hydrogen-bond donors (Lipinski definition) is 14. The smallest absolute Gasteiger partial charge is 0.327 e. The van der Waals surface area contributed by atoms with E-state index in [0.29, 0.717) is 28.5 Å². The fourth-order valence-electron chi connectivity index (χ4n) is 8.08. The van der Waals surface area contributed by atoms with E-state index in [1.807, 2.05) is 0 Å². The van der Waals surface area contributed by atoms with E-state index in [1.54, 1.807) is 74.6 Å². The molecule has 74 heavy (non-hydrogen) atoms. The first-order valence-electron chi connectivity index (χ1n) is 23.7. The second-order valence-electron chi connectivity index (χ2n) is 18.1. The number of aromatic amines is 1. The van der Waals surface area contributed by atoms with E-state index in [-0.39, 0.29) is 49.7 Å². The molecule has 1 saturated heterocycles. The van der Waals surface area contributed by atoms with Crippen LogP contribution < -0.4 is 43.0 Å². The lowest BCUT2D eigenvalue weighted by atomic mass is 9.99. The van der Waals surface area contributed by atoms with E-state index >= 15 is 0 Å². The number of nitrogens with two attached hydrogens (primary N) is 1. The SMILES string of the molecule is CC(C)C[C@H](NC(=O)[C@H](Cc1c[nH]c2ccccc12)NC(=O)[C@H](CC(=O)O)NC(=O)[C@H](CCC(=O)O)NC(=O)CNC(=O)[C@@H]1CCCN1C(=O)[C@@H](N)CS)C(=O)N[C@@H](Cc1ccccc1)C(=O)N[C@@H](CS)C(=O)O. The van der Waals surface area contributed by atoms with Crippen LogP contribution in [0, 0.1) is 5.92 Å². The number of rotatable bonds is 29. The van der Waals surface area contributed by atoms with Crippen LogP contribution >= 0.6 is 25.3 Å². The molecule has 4 rings (SSSR count). The highest BCUT2D eigenvalue weighted by Crippen LogP contribution is 2.21. The summed E-state index contributed by atoms with van der Waals surface area (Å²) in [5.41, 5.74) is 7.58. The number of benzene rings is 2. The minimum atomic E-state index is -1.95. The van der Waals surface area contributed by atoms with Gasteiger partial charge in [-0.05, 0) is 48.8 Å². The summed E-state index contributed by atoms with van der Waals surface area (Å²) < 4.78 is 0. The zero-order valence-corrected chi connectivity index (χ0v) is 42.5. The highest BCUT2D eigenvalue weighted by Gasteiger charge is 2.38. The third-order valence-electron chi connectivity index (χ3n) is 11.9. The molecule has 0 aliphatic carbocycles. The molecule has 0 bridgehead atoms. The van der Waals surface area contributed by atoms with Crippen molar-refractivity contribution in [2.45, 2.75) is 114 Å². The highest BCUT2D eigenvalue weighted by atomic mass is 32.1. The molecule has 1 aliphatic heterocycles. The Morgan fingerprint density at radius 1 is 0.689 bits per heavy atom. The molecule has 26 heteroatoms. The third-order valence-corrected chi connectivity index (χ3v) is 12.6. The van der Waals surface area contributed by atoms with E-state index in [9.17, 15) is 68.1 Å². The number of para-hydroxylation sites is 1. The first-order valence-corrected chi connectivity index (χ1v) is 25.0. The summed E-state index contributed by atoms with van der Waals surface area (Å²) >= 11 is 8.05. The van der Waals surface area contributed by atoms with Crippen LogP contribution in [0.25, 0.3) is 10.9 Å². The van der Waals surface area contributed by atoms with Crippen molar-refractivity contribution in [2.24, 2.45) is 11.7 Å². The van der Waals surface area contributed by atoms with Crippen LogP contribution in [0.3, 0.4) is 0 Å². The van der Waals surface area contributed by atoms with Gasteiger partial charge in [0.15, 0.2) is 0 Å². The minimum Gasteiger partial charge on any atom is -0.481 e. The normalized spacial score (nSPS) is 16.0. The van der Waals surface area contributed by atoms with Crippen LogP contribution in [-0.4, -0.2) is 163 Å². The molecule has 8 atom stereocenters. The number of nitrogens with zero attached hydrogens (tertiary/aromatic N) is 1. The van der Waals surface area contributed by atoms with Crippen LogP contribution in [0.1, 0.15) is 63.5 Å². The van der Waals surface area contributed by atoms with Gasteiger partial charge in [0.25, 0.3) is 0 Å². The van der Waals surface area contributed by atoms with Crippen molar-refractivity contribution in [2.75, 3.05) is 24.6 Å². The van der Waals surface area contributed by atoms with Crippen LogP contribution in [0.15, 0.2) is 60.8 Å². The number of fused-ring (bicyclic) bond motifs is 1.